The normalized spacial score (nSPS) is 16.0. The molecule has 0 radical (unpaired) electrons. The van der Waals surface area contributed by atoms with Gasteiger partial charge >= 0.3 is 5.97 Å². The van der Waals surface area contributed by atoms with Gasteiger partial charge in [0.05, 0.1) is 12.0 Å². The summed E-state index contributed by atoms with van der Waals surface area (Å²) in [5.41, 5.74) is 0.281. The van der Waals surface area contributed by atoms with Crippen molar-refractivity contribution in [3.8, 4) is 5.75 Å². The molecule has 114 valence electrons. The van der Waals surface area contributed by atoms with Gasteiger partial charge in [-0.2, -0.15) is 0 Å². The number of aliphatic carboxylic acids is 1. The Bertz CT molecular complexity index is 542. The lowest BCUT2D eigenvalue weighted by Crippen LogP contribution is -2.49. The van der Waals surface area contributed by atoms with Crippen LogP contribution < -0.4 is 0 Å². The molecule has 0 bridgehead atoms. The van der Waals surface area contributed by atoms with Crippen LogP contribution in [-0.2, 0) is 4.79 Å². The van der Waals surface area contributed by atoms with Gasteiger partial charge < -0.3 is 15.1 Å². The van der Waals surface area contributed by atoms with Gasteiger partial charge in [0.1, 0.15) is 5.75 Å². The van der Waals surface area contributed by atoms with Crippen molar-refractivity contribution >= 4 is 27.8 Å². The van der Waals surface area contributed by atoms with E-state index >= 15 is 0 Å². The van der Waals surface area contributed by atoms with E-state index in [1.807, 2.05) is 4.90 Å². The predicted molar refractivity (Wildman–Crippen MR) is 80.4 cm³/mol. The lowest BCUT2D eigenvalue weighted by Gasteiger charge is -2.34. The summed E-state index contributed by atoms with van der Waals surface area (Å²) in [7, 11) is 0. The number of halogens is 1. The summed E-state index contributed by atoms with van der Waals surface area (Å²) < 4.78 is 0.740. The van der Waals surface area contributed by atoms with Crippen LogP contribution in [0.1, 0.15) is 16.8 Å². The SMILES string of the molecule is O=C(O)CCN1CCN(C(=O)c2cc(Br)ccc2O)CC1. The first kappa shape index (κ1) is 15.8. The molecule has 7 heteroatoms. The maximum absolute atomic E-state index is 12.4. The van der Waals surface area contributed by atoms with Gasteiger partial charge in [0.25, 0.3) is 5.91 Å². The smallest absolute Gasteiger partial charge is 0.304 e. The molecule has 1 aliphatic rings. The zero-order chi connectivity index (χ0) is 15.4. The van der Waals surface area contributed by atoms with Crippen molar-refractivity contribution in [2.45, 2.75) is 6.42 Å². The highest BCUT2D eigenvalue weighted by Gasteiger charge is 2.24. The number of nitrogens with zero attached hydrogens (tertiary/aromatic N) is 2. The molecule has 0 saturated carbocycles. The Kier molecular flexibility index (Phi) is 5.19. The maximum atomic E-state index is 12.4. The second kappa shape index (κ2) is 6.91. The summed E-state index contributed by atoms with van der Waals surface area (Å²) in [6.45, 7) is 2.86. The van der Waals surface area contributed by atoms with Crippen LogP contribution in [0.4, 0.5) is 0 Å². The predicted octanol–water partition coefficient (Wildman–Crippen LogP) is 1.39. The third-order valence-electron chi connectivity index (χ3n) is 3.49. The molecule has 0 unspecified atom stereocenters. The number of hydrogen-bond donors (Lipinski definition) is 2. The van der Waals surface area contributed by atoms with Gasteiger partial charge in [-0.05, 0) is 18.2 Å². The van der Waals surface area contributed by atoms with E-state index in [2.05, 4.69) is 15.9 Å². The van der Waals surface area contributed by atoms with Crippen LogP contribution >= 0.6 is 15.9 Å². The van der Waals surface area contributed by atoms with Gasteiger partial charge in [-0.3, -0.25) is 14.5 Å². The summed E-state index contributed by atoms with van der Waals surface area (Å²) in [4.78, 5) is 26.6. The van der Waals surface area contributed by atoms with E-state index < -0.39 is 5.97 Å². The van der Waals surface area contributed by atoms with Crippen LogP contribution in [0.3, 0.4) is 0 Å². The number of carbonyl (C=O) groups is 2. The van der Waals surface area contributed by atoms with Crippen molar-refractivity contribution in [3.63, 3.8) is 0 Å². The van der Waals surface area contributed by atoms with E-state index in [0.29, 0.717) is 32.7 Å². The number of phenolic OH excluding ortho intramolecular Hbond substituents is 1. The molecular weight excluding hydrogens is 340 g/mol. The Hall–Kier alpha value is -1.60. The first-order valence-electron chi connectivity index (χ1n) is 6.69. The maximum Gasteiger partial charge on any atom is 0.304 e. The highest BCUT2D eigenvalue weighted by atomic mass is 79.9. The second-order valence-corrected chi connectivity index (χ2v) is 5.85. The number of carbonyl (C=O) groups excluding carboxylic acids is 1. The molecular formula is C14H17BrN2O4. The molecule has 0 aromatic heterocycles. The molecule has 2 N–H and O–H groups in total. The number of benzene rings is 1. The molecule has 1 aliphatic heterocycles. The van der Waals surface area contributed by atoms with Crippen molar-refractivity contribution in [3.05, 3.63) is 28.2 Å². The lowest BCUT2D eigenvalue weighted by atomic mass is 10.1. The third-order valence-corrected chi connectivity index (χ3v) is 3.98. The summed E-state index contributed by atoms with van der Waals surface area (Å²) in [6, 6.07) is 4.77. The molecule has 1 fully saturated rings. The number of carboxylic acid groups (broad SMARTS) is 1. The largest absolute Gasteiger partial charge is 0.507 e. The molecule has 21 heavy (non-hydrogen) atoms. The second-order valence-electron chi connectivity index (χ2n) is 4.94. The van der Waals surface area contributed by atoms with Crippen molar-refractivity contribution in [2.24, 2.45) is 0 Å². The van der Waals surface area contributed by atoms with Crippen molar-refractivity contribution < 1.29 is 19.8 Å². The lowest BCUT2D eigenvalue weighted by molar-refractivity contribution is -0.137. The fourth-order valence-electron chi connectivity index (χ4n) is 2.28. The van der Waals surface area contributed by atoms with Gasteiger partial charge in [0.2, 0.25) is 0 Å². The minimum Gasteiger partial charge on any atom is -0.507 e. The Morgan fingerprint density at radius 3 is 2.48 bits per heavy atom. The Labute approximate surface area is 131 Å². The Morgan fingerprint density at radius 1 is 1.19 bits per heavy atom. The first-order chi connectivity index (χ1) is 9.97. The molecule has 0 spiro atoms. The zero-order valence-corrected chi connectivity index (χ0v) is 13.0. The highest BCUT2D eigenvalue weighted by molar-refractivity contribution is 9.10. The molecule has 1 amide bonds. The van der Waals surface area contributed by atoms with Crippen LogP contribution in [0.15, 0.2) is 22.7 Å². The number of amides is 1. The molecule has 0 aliphatic carbocycles. The minimum atomic E-state index is -0.812. The van der Waals surface area contributed by atoms with Crippen LogP contribution in [0.2, 0.25) is 0 Å². The van der Waals surface area contributed by atoms with Gasteiger partial charge in [-0.15, -0.1) is 0 Å². The van der Waals surface area contributed by atoms with Gasteiger partial charge in [0.15, 0.2) is 0 Å². The molecule has 1 saturated heterocycles. The van der Waals surface area contributed by atoms with Crippen LogP contribution in [0.5, 0.6) is 5.75 Å². The van der Waals surface area contributed by atoms with Crippen molar-refractivity contribution in [1.82, 2.24) is 9.80 Å². The molecule has 1 aromatic rings. The number of phenols is 1. The monoisotopic (exact) mass is 356 g/mol. The van der Waals surface area contributed by atoms with Gasteiger partial charge in [0, 0.05) is 37.2 Å². The number of rotatable bonds is 4. The van der Waals surface area contributed by atoms with E-state index in [-0.39, 0.29) is 23.6 Å². The standard InChI is InChI=1S/C14H17BrN2O4/c15-10-1-2-12(18)11(9-10)14(21)17-7-5-16(6-8-17)4-3-13(19)20/h1-2,9,18H,3-8H2,(H,19,20). The Balaban J connectivity index is 1.94. The van der Waals surface area contributed by atoms with E-state index in [0.717, 1.165) is 4.47 Å². The first-order valence-corrected chi connectivity index (χ1v) is 7.48. The zero-order valence-electron chi connectivity index (χ0n) is 11.5. The average Bonchev–Trinajstić information content (AvgIpc) is 2.47. The molecule has 6 nitrogen and oxygen atoms in total. The summed E-state index contributed by atoms with van der Waals surface area (Å²) in [5, 5.41) is 18.5. The fourth-order valence-corrected chi connectivity index (χ4v) is 2.64. The van der Waals surface area contributed by atoms with Crippen LogP contribution in [0.25, 0.3) is 0 Å². The summed E-state index contributed by atoms with van der Waals surface area (Å²) in [5.74, 6) is -1.05. The van der Waals surface area contributed by atoms with Crippen molar-refractivity contribution in [1.29, 1.82) is 0 Å². The Morgan fingerprint density at radius 2 is 1.86 bits per heavy atom. The van der Waals surface area contributed by atoms with E-state index in [4.69, 9.17) is 5.11 Å². The number of hydrogen-bond acceptors (Lipinski definition) is 4. The summed E-state index contributed by atoms with van der Waals surface area (Å²) in [6.07, 6.45) is 0.111. The van der Waals surface area contributed by atoms with Gasteiger partial charge in [-0.25, -0.2) is 0 Å². The summed E-state index contributed by atoms with van der Waals surface area (Å²) >= 11 is 3.29. The van der Waals surface area contributed by atoms with Gasteiger partial charge in [-0.1, -0.05) is 15.9 Å². The van der Waals surface area contributed by atoms with E-state index in [1.165, 1.54) is 6.07 Å². The highest BCUT2D eigenvalue weighted by Crippen LogP contribution is 2.23. The van der Waals surface area contributed by atoms with E-state index in [1.54, 1.807) is 17.0 Å². The number of aromatic hydroxyl groups is 1. The molecule has 2 rings (SSSR count). The topological polar surface area (TPSA) is 81.1 Å². The minimum absolute atomic E-state index is 0.0310. The third kappa shape index (κ3) is 4.18. The van der Waals surface area contributed by atoms with Crippen LogP contribution in [0, 0.1) is 0 Å². The quantitative estimate of drug-likeness (QED) is 0.851. The molecule has 0 atom stereocenters. The molecule has 1 aromatic carbocycles. The molecule has 1 heterocycles. The number of carboxylic acids is 1. The van der Waals surface area contributed by atoms with E-state index in [9.17, 15) is 14.7 Å². The van der Waals surface area contributed by atoms with Crippen LogP contribution in [-0.4, -0.2) is 64.6 Å². The fraction of sp³-hybridized carbons (Fsp3) is 0.429. The number of piperazine rings is 1. The van der Waals surface area contributed by atoms with Crippen molar-refractivity contribution in [2.75, 3.05) is 32.7 Å². The average molecular weight is 357 g/mol.